The summed E-state index contributed by atoms with van der Waals surface area (Å²) < 4.78 is 5.64. The second kappa shape index (κ2) is 11.0. The summed E-state index contributed by atoms with van der Waals surface area (Å²) in [5.74, 6) is 0.0747. The van der Waals surface area contributed by atoms with Crippen LogP contribution in [0.25, 0.3) is 0 Å². The molecule has 1 amide bonds. The topological polar surface area (TPSA) is 97.3 Å². The van der Waals surface area contributed by atoms with E-state index in [1.807, 2.05) is 30.9 Å². The van der Waals surface area contributed by atoms with Crippen LogP contribution >= 0.6 is 22.9 Å². The van der Waals surface area contributed by atoms with Gasteiger partial charge in [0.15, 0.2) is 5.78 Å². The second-order valence-electron chi connectivity index (χ2n) is 7.10. The molecule has 3 aromatic rings. The van der Waals surface area contributed by atoms with Crippen molar-refractivity contribution in [2.24, 2.45) is 0 Å². The summed E-state index contributed by atoms with van der Waals surface area (Å²) in [6, 6.07) is 10.2. The van der Waals surface area contributed by atoms with Gasteiger partial charge in [0.1, 0.15) is 12.4 Å². The lowest BCUT2D eigenvalue weighted by atomic mass is 10.1. The molecule has 0 radical (unpaired) electrons. The SMILES string of the molecule is CCCN(c1ncccc1C(=O)Nc1nnc(OCc2ccc(Cl)cc2)s1)C(C)C(C)=O. The van der Waals surface area contributed by atoms with Gasteiger partial charge in [0.2, 0.25) is 5.13 Å². The van der Waals surface area contributed by atoms with E-state index in [0.29, 0.717) is 39.9 Å². The predicted molar refractivity (Wildman–Crippen MR) is 126 cm³/mol. The molecule has 0 saturated carbocycles. The fraction of sp³-hybridized carbons (Fsp3) is 0.318. The van der Waals surface area contributed by atoms with Crippen LogP contribution in [0.4, 0.5) is 10.9 Å². The first kappa shape index (κ1) is 23.6. The third-order valence-corrected chi connectivity index (χ3v) is 5.73. The summed E-state index contributed by atoms with van der Waals surface area (Å²) in [7, 11) is 0. The molecule has 0 fully saturated rings. The predicted octanol–water partition coefficient (Wildman–Crippen LogP) is 4.61. The van der Waals surface area contributed by atoms with Gasteiger partial charge in [0.25, 0.3) is 11.1 Å². The number of Topliss-reactive ketones (excluding diaryl/α,β-unsaturated/α-hetero) is 1. The van der Waals surface area contributed by atoms with Crippen LogP contribution in [0.15, 0.2) is 42.6 Å². The van der Waals surface area contributed by atoms with E-state index in [2.05, 4.69) is 20.5 Å². The number of halogens is 1. The Kier molecular flexibility index (Phi) is 8.13. The van der Waals surface area contributed by atoms with Crippen LogP contribution in [-0.2, 0) is 11.4 Å². The molecule has 1 aromatic carbocycles. The number of ketones is 1. The molecule has 32 heavy (non-hydrogen) atoms. The van der Waals surface area contributed by atoms with Crippen LogP contribution in [0, 0.1) is 0 Å². The lowest BCUT2D eigenvalue weighted by Gasteiger charge is -2.29. The van der Waals surface area contributed by atoms with E-state index in [0.717, 1.165) is 23.3 Å². The van der Waals surface area contributed by atoms with Gasteiger partial charge in [-0.15, -0.1) is 5.10 Å². The number of carbonyl (C=O) groups is 2. The minimum absolute atomic E-state index is 0.00191. The number of carbonyl (C=O) groups excluding carboxylic acids is 2. The summed E-state index contributed by atoms with van der Waals surface area (Å²) in [5.41, 5.74) is 1.29. The first-order valence-corrected chi connectivity index (χ1v) is 11.3. The monoisotopic (exact) mass is 473 g/mol. The zero-order chi connectivity index (χ0) is 23.1. The van der Waals surface area contributed by atoms with E-state index in [1.165, 1.54) is 6.92 Å². The normalized spacial score (nSPS) is 11.6. The Morgan fingerprint density at radius 2 is 1.97 bits per heavy atom. The Bertz CT molecular complexity index is 1070. The van der Waals surface area contributed by atoms with Crippen molar-refractivity contribution in [1.82, 2.24) is 15.2 Å². The van der Waals surface area contributed by atoms with Gasteiger partial charge in [0, 0.05) is 17.8 Å². The average molecular weight is 474 g/mol. The van der Waals surface area contributed by atoms with Crippen molar-refractivity contribution in [3.05, 3.63) is 58.7 Å². The van der Waals surface area contributed by atoms with E-state index >= 15 is 0 Å². The Morgan fingerprint density at radius 1 is 1.22 bits per heavy atom. The number of nitrogens with zero attached hydrogens (tertiary/aromatic N) is 4. The summed E-state index contributed by atoms with van der Waals surface area (Å²) in [4.78, 5) is 31.2. The molecule has 10 heteroatoms. The summed E-state index contributed by atoms with van der Waals surface area (Å²) in [5, 5.41) is 12.0. The molecule has 3 rings (SSSR count). The Morgan fingerprint density at radius 3 is 2.66 bits per heavy atom. The van der Waals surface area contributed by atoms with E-state index in [1.54, 1.807) is 30.5 Å². The number of rotatable bonds is 10. The molecule has 1 unspecified atom stereocenters. The number of pyridine rings is 1. The van der Waals surface area contributed by atoms with Crippen LogP contribution in [0.3, 0.4) is 0 Å². The standard InChI is InChI=1S/C22H24ClN5O3S/c1-4-12-28(14(2)15(3)29)19-18(6-5-11-24-19)20(30)25-21-26-27-22(32-21)31-13-16-7-9-17(23)10-8-16/h5-11,14H,4,12-13H2,1-3H3,(H,25,26,30). The average Bonchev–Trinajstić information content (AvgIpc) is 3.23. The summed E-state index contributed by atoms with van der Waals surface area (Å²) in [6.45, 7) is 6.25. The van der Waals surface area contributed by atoms with Gasteiger partial charge in [-0.1, -0.05) is 35.8 Å². The number of benzene rings is 1. The minimum atomic E-state index is -0.397. The molecule has 1 atom stereocenters. The third kappa shape index (κ3) is 6.02. The Labute approximate surface area is 195 Å². The number of nitrogens with one attached hydrogen (secondary N) is 1. The zero-order valence-electron chi connectivity index (χ0n) is 18.0. The highest BCUT2D eigenvalue weighted by atomic mass is 35.5. The van der Waals surface area contributed by atoms with Gasteiger partial charge in [-0.25, -0.2) is 4.98 Å². The van der Waals surface area contributed by atoms with Crippen LogP contribution in [-0.4, -0.2) is 39.5 Å². The molecule has 0 aliphatic carbocycles. The van der Waals surface area contributed by atoms with Crippen LogP contribution in [0.1, 0.15) is 43.1 Å². The van der Waals surface area contributed by atoms with E-state index in [-0.39, 0.29) is 11.7 Å². The summed E-state index contributed by atoms with van der Waals surface area (Å²) >= 11 is 7.01. The molecule has 0 spiro atoms. The van der Waals surface area contributed by atoms with E-state index < -0.39 is 6.04 Å². The lowest BCUT2D eigenvalue weighted by Crippen LogP contribution is -2.40. The van der Waals surface area contributed by atoms with Gasteiger partial charge in [-0.3, -0.25) is 14.9 Å². The number of ether oxygens (including phenoxy) is 1. The van der Waals surface area contributed by atoms with Gasteiger partial charge in [0.05, 0.1) is 11.6 Å². The molecular formula is C22H24ClN5O3S. The maximum absolute atomic E-state index is 13.0. The fourth-order valence-corrected chi connectivity index (χ4v) is 3.67. The summed E-state index contributed by atoms with van der Waals surface area (Å²) in [6.07, 6.45) is 2.41. The maximum atomic E-state index is 13.0. The van der Waals surface area contributed by atoms with Crippen LogP contribution in [0.2, 0.25) is 5.02 Å². The first-order chi connectivity index (χ1) is 15.4. The smallest absolute Gasteiger partial charge is 0.296 e. The van der Waals surface area contributed by atoms with Crippen LogP contribution in [0.5, 0.6) is 5.19 Å². The molecular weight excluding hydrogens is 450 g/mol. The molecule has 0 aliphatic heterocycles. The van der Waals surface area contributed by atoms with Crippen molar-refractivity contribution in [2.45, 2.75) is 39.8 Å². The van der Waals surface area contributed by atoms with Gasteiger partial charge >= 0.3 is 0 Å². The minimum Gasteiger partial charge on any atom is -0.464 e. The largest absolute Gasteiger partial charge is 0.464 e. The molecule has 0 bridgehead atoms. The van der Waals surface area contributed by atoms with E-state index in [4.69, 9.17) is 16.3 Å². The van der Waals surface area contributed by atoms with Gasteiger partial charge in [-0.2, -0.15) is 0 Å². The molecule has 2 heterocycles. The van der Waals surface area contributed by atoms with Crippen molar-refractivity contribution >= 4 is 45.6 Å². The number of amides is 1. The Hall–Kier alpha value is -3.04. The number of aromatic nitrogens is 3. The van der Waals surface area contributed by atoms with Crippen LogP contribution < -0.4 is 15.0 Å². The number of hydrogen-bond donors (Lipinski definition) is 1. The molecule has 0 saturated heterocycles. The van der Waals surface area contributed by atoms with Gasteiger partial charge in [-0.05, 0) is 61.4 Å². The quantitative estimate of drug-likeness (QED) is 0.459. The third-order valence-electron chi connectivity index (χ3n) is 4.73. The lowest BCUT2D eigenvalue weighted by molar-refractivity contribution is -0.117. The molecule has 2 aromatic heterocycles. The van der Waals surface area contributed by atoms with Crippen molar-refractivity contribution < 1.29 is 14.3 Å². The zero-order valence-corrected chi connectivity index (χ0v) is 19.6. The van der Waals surface area contributed by atoms with Crippen molar-refractivity contribution in [2.75, 3.05) is 16.8 Å². The molecule has 1 N–H and O–H groups in total. The second-order valence-corrected chi connectivity index (χ2v) is 8.47. The van der Waals surface area contributed by atoms with Gasteiger partial charge < -0.3 is 9.64 Å². The highest BCUT2D eigenvalue weighted by Crippen LogP contribution is 2.26. The van der Waals surface area contributed by atoms with E-state index in [9.17, 15) is 9.59 Å². The molecule has 8 nitrogen and oxygen atoms in total. The maximum Gasteiger partial charge on any atom is 0.296 e. The van der Waals surface area contributed by atoms with Crippen molar-refractivity contribution in [3.63, 3.8) is 0 Å². The van der Waals surface area contributed by atoms with Crippen molar-refractivity contribution in [1.29, 1.82) is 0 Å². The Balaban J connectivity index is 1.71. The highest BCUT2D eigenvalue weighted by Gasteiger charge is 2.24. The molecule has 168 valence electrons. The number of anilines is 2. The fourth-order valence-electron chi connectivity index (χ4n) is 2.96. The highest BCUT2D eigenvalue weighted by molar-refractivity contribution is 7.17. The first-order valence-electron chi connectivity index (χ1n) is 10.1. The van der Waals surface area contributed by atoms with Crippen molar-refractivity contribution in [3.8, 4) is 5.19 Å². The molecule has 0 aliphatic rings. The number of hydrogen-bond acceptors (Lipinski definition) is 8.